The van der Waals surface area contributed by atoms with Gasteiger partial charge in [0.15, 0.2) is 28.1 Å². The number of amides is 2. The molecule has 4 aromatic rings. The molecule has 1 aromatic carbocycles. The van der Waals surface area contributed by atoms with Crippen molar-refractivity contribution in [3.63, 3.8) is 0 Å². The summed E-state index contributed by atoms with van der Waals surface area (Å²) >= 11 is 3.26. The molecule has 2 amide bonds. The zero-order valence-electron chi connectivity index (χ0n) is 25.0. The number of aromatic carboxylic acids is 1. The fourth-order valence-corrected chi connectivity index (χ4v) is 7.86. The van der Waals surface area contributed by atoms with Crippen molar-refractivity contribution < 1.29 is 54.3 Å². The van der Waals surface area contributed by atoms with Crippen LogP contribution in [0.1, 0.15) is 32.4 Å². The third-order valence-electron chi connectivity index (χ3n) is 7.03. The van der Waals surface area contributed by atoms with Crippen LogP contribution in [0.3, 0.4) is 0 Å². The van der Waals surface area contributed by atoms with Gasteiger partial charge in [-0.2, -0.15) is 9.50 Å². The van der Waals surface area contributed by atoms with Crippen molar-refractivity contribution >= 4 is 81.2 Å². The number of aliphatic carboxylic acids is 1. The molecule has 1 fully saturated rings. The van der Waals surface area contributed by atoms with E-state index in [2.05, 4.69) is 30.5 Å². The highest BCUT2D eigenvalue weighted by Gasteiger charge is 2.54. The Hall–Kier alpha value is -5.94. The van der Waals surface area contributed by atoms with Crippen LogP contribution >= 0.6 is 34.9 Å². The largest absolute Gasteiger partial charge is 0.504 e. The first kappa shape index (κ1) is 33.9. The first-order valence-electron chi connectivity index (χ1n) is 13.8. The average Bonchev–Trinajstić information content (AvgIpc) is 3.70. The van der Waals surface area contributed by atoms with Gasteiger partial charge in [0, 0.05) is 22.6 Å². The Kier molecular flexibility index (Phi) is 8.94. The number of phenolic OH excluding ortho intramolecular Hbond substituents is 3. The molecule has 2 atom stereocenters. The molecule has 0 saturated carbocycles. The van der Waals surface area contributed by atoms with E-state index in [4.69, 9.17) is 10.6 Å². The van der Waals surface area contributed by atoms with Crippen LogP contribution in [0.25, 0.3) is 5.78 Å². The number of oxime groups is 1. The quantitative estimate of drug-likeness (QED) is 0.0220. The monoisotopic (exact) mass is 743 g/mol. The molecule has 0 bridgehead atoms. The Morgan fingerprint density at radius 1 is 1.10 bits per heavy atom. The van der Waals surface area contributed by atoms with Gasteiger partial charge in [-0.3, -0.25) is 14.5 Å². The van der Waals surface area contributed by atoms with E-state index in [1.165, 1.54) is 21.7 Å². The topological polar surface area (TPSA) is 305 Å². The Balaban J connectivity index is 1.20. The number of benzene rings is 1. The minimum absolute atomic E-state index is 0.0318. The number of carboxylic acids is 2. The van der Waals surface area contributed by atoms with Gasteiger partial charge >= 0.3 is 17.9 Å². The second-order valence-electron chi connectivity index (χ2n) is 10.3. The molecule has 6 rings (SSSR count). The molecule has 1 saturated heterocycles. The van der Waals surface area contributed by atoms with Crippen LogP contribution < -0.4 is 11.1 Å². The lowest BCUT2D eigenvalue weighted by Crippen LogP contribution is -2.71. The van der Waals surface area contributed by atoms with Crippen LogP contribution in [-0.2, 0) is 19.2 Å². The molecule has 0 aliphatic carbocycles. The van der Waals surface area contributed by atoms with E-state index in [-0.39, 0.29) is 33.8 Å². The number of thiazole rings is 1. The third-order valence-corrected chi connectivity index (χ3v) is 10.1. The van der Waals surface area contributed by atoms with Crippen LogP contribution in [0, 0.1) is 6.92 Å². The molecule has 5 heterocycles. The summed E-state index contributed by atoms with van der Waals surface area (Å²) in [7, 11) is 0. The molecular weight excluding hydrogens is 723 g/mol. The van der Waals surface area contributed by atoms with Gasteiger partial charge in [0.1, 0.15) is 27.8 Å². The number of phenols is 3. The number of carboxylic acid groups (broad SMARTS) is 2. The SMILES string of the molecule is Cc1cc(SCC2=C(C(=O)O)N3C(=O)[C@@H](NC(=O)/C(=N\OC(=O)c4cc(O)c(O)c(O)c4)c4csc(N)n4)[C@H]3SC2)n2nc(C(=O)O)nc2n1. The molecule has 8 N–H and O–H groups in total. The normalized spacial score (nSPS) is 17.3. The molecular formula is C27H21N9O11S3. The van der Waals surface area contributed by atoms with Crippen molar-refractivity contribution in [2.24, 2.45) is 5.16 Å². The van der Waals surface area contributed by atoms with Crippen molar-refractivity contribution in [1.82, 2.24) is 34.8 Å². The number of nitrogen functional groups attached to an aromatic ring is 1. The molecule has 2 aliphatic rings. The van der Waals surface area contributed by atoms with E-state index >= 15 is 0 Å². The fraction of sp³-hybridized carbons (Fsp3) is 0.185. The second-order valence-corrected chi connectivity index (χ2v) is 13.3. The number of hydrogen-bond acceptors (Lipinski definition) is 18. The Labute approximate surface area is 290 Å². The fourth-order valence-electron chi connectivity index (χ4n) is 4.78. The third kappa shape index (κ3) is 6.30. The molecule has 23 heteroatoms. The number of nitrogens with two attached hydrogens (primary N) is 1. The highest BCUT2D eigenvalue weighted by molar-refractivity contribution is 8.01. The minimum Gasteiger partial charge on any atom is -0.504 e. The smallest absolute Gasteiger partial charge is 0.375 e. The molecule has 20 nitrogen and oxygen atoms in total. The summed E-state index contributed by atoms with van der Waals surface area (Å²) in [4.78, 5) is 81.0. The number of carbonyl (C=O) groups is 5. The van der Waals surface area contributed by atoms with E-state index < -0.39 is 75.5 Å². The summed E-state index contributed by atoms with van der Waals surface area (Å²) in [6.07, 6.45) is 0. The maximum absolute atomic E-state index is 13.4. The molecule has 0 radical (unpaired) electrons. The standard InChI is InChI=1S/C27H21N9O11S3/c1-8-2-14(36-27(29-8)32-19(33-36)24(44)45)48-5-10-6-49-22-16(21(41)35(22)17(10)23(42)43)31-20(40)15(11-7-50-26(28)30-11)34-47-25(46)9-3-12(37)18(39)13(38)4-9/h2-4,7,16,22,37-39H,5-6H2,1H3,(H2,28,30)(H,31,40)(H,42,43)(H,44,45)/b34-15-/t16-,22-/m1/s1. The van der Waals surface area contributed by atoms with E-state index in [0.717, 1.165) is 40.1 Å². The number of thioether (sulfide) groups is 2. The number of fused-ring (bicyclic) bond motifs is 2. The van der Waals surface area contributed by atoms with E-state index in [9.17, 15) is 49.5 Å². The summed E-state index contributed by atoms with van der Waals surface area (Å²) in [5.74, 6) is -8.46. The van der Waals surface area contributed by atoms with E-state index in [0.29, 0.717) is 16.3 Å². The van der Waals surface area contributed by atoms with Crippen molar-refractivity contribution in [1.29, 1.82) is 0 Å². The highest BCUT2D eigenvalue weighted by atomic mass is 32.2. The van der Waals surface area contributed by atoms with Gasteiger partial charge in [0.05, 0.1) is 5.56 Å². The van der Waals surface area contributed by atoms with Crippen molar-refractivity contribution in [3.05, 3.63) is 57.6 Å². The number of aryl methyl sites for hydroxylation is 1. The molecule has 0 unspecified atom stereocenters. The van der Waals surface area contributed by atoms with Crippen LogP contribution in [0.2, 0.25) is 0 Å². The van der Waals surface area contributed by atoms with Crippen molar-refractivity contribution in [3.8, 4) is 17.2 Å². The number of rotatable bonds is 10. The number of anilines is 1. The lowest BCUT2D eigenvalue weighted by atomic mass is 10.0. The van der Waals surface area contributed by atoms with Gasteiger partial charge in [-0.15, -0.1) is 40.0 Å². The van der Waals surface area contributed by atoms with Gasteiger partial charge in [-0.05, 0) is 30.7 Å². The molecule has 50 heavy (non-hydrogen) atoms. The Bertz CT molecular complexity index is 2180. The first-order chi connectivity index (χ1) is 23.7. The molecule has 0 spiro atoms. The van der Waals surface area contributed by atoms with Crippen molar-refractivity contribution in [2.75, 3.05) is 17.2 Å². The molecule has 3 aromatic heterocycles. The van der Waals surface area contributed by atoms with E-state index in [1.807, 2.05) is 0 Å². The first-order valence-corrected chi connectivity index (χ1v) is 16.7. The van der Waals surface area contributed by atoms with Crippen molar-refractivity contribution in [2.45, 2.75) is 23.4 Å². The summed E-state index contributed by atoms with van der Waals surface area (Å²) in [6.45, 7) is 1.67. The zero-order valence-corrected chi connectivity index (χ0v) is 27.4. The summed E-state index contributed by atoms with van der Waals surface area (Å²) < 4.78 is 1.23. The number of nitrogens with zero attached hydrogens (tertiary/aromatic N) is 7. The predicted octanol–water partition coefficient (Wildman–Crippen LogP) is 0.378. The van der Waals surface area contributed by atoms with Crippen LogP contribution in [0.15, 0.2) is 45.0 Å². The van der Waals surface area contributed by atoms with Gasteiger partial charge < -0.3 is 41.4 Å². The second kappa shape index (κ2) is 13.2. The maximum Gasteiger partial charge on any atom is 0.375 e. The van der Waals surface area contributed by atoms with Crippen LogP contribution in [0.4, 0.5) is 5.13 Å². The lowest BCUT2D eigenvalue weighted by molar-refractivity contribution is -0.150. The summed E-state index contributed by atoms with van der Waals surface area (Å²) in [6, 6.07) is 1.99. The van der Waals surface area contributed by atoms with E-state index in [1.54, 1.807) is 13.0 Å². The minimum atomic E-state index is -1.38. The maximum atomic E-state index is 13.4. The lowest BCUT2D eigenvalue weighted by Gasteiger charge is -2.49. The average molecular weight is 744 g/mol. The number of hydrogen-bond donors (Lipinski definition) is 7. The summed E-state index contributed by atoms with van der Waals surface area (Å²) in [5, 5.41) is 59.3. The van der Waals surface area contributed by atoms with Gasteiger partial charge in [-0.1, -0.05) is 5.16 Å². The molecule has 2 aliphatic heterocycles. The molecule has 258 valence electrons. The van der Waals surface area contributed by atoms with Gasteiger partial charge in [0.2, 0.25) is 0 Å². The predicted molar refractivity (Wildman–Crippen MR) is 173 cm³/mol. The Morgan fingerprint density at radius 2 is 1.82 bits per heavy atom. The van der Waals surface area contributed by atoms with Crippen LogP contribution in [-0.4, -0.2) is 113 Å². The number of nitrogens with one attached hydrogen (secondary N) is 1. The number of aromatic nitrogens is 5. The van der Waals surface area contributed by atoms with Gasteiger partial charge in [0.25, 0.3) is 23.4 Å². The zero-order chi connectivity index (χ0) is 36.0. The van der Waals surface area contributed by atoms with Crippen LogP contribution in [0.5, 0.6) is 17.2 Å². The number of aromatic hydroxyl groups is 3. The van der Waals surface area contributed by atoms with Gasteiger partial charge in [-0.25, -0.2) is 24.4 Å². The number of carbonyl (C=O) groups excluding carboxylic acids is 3. The summed E-state index contributed by atoms with van der Waals surface area (Å²) in [5.41, 5.74) is 5.18. The Morgan fingerprint density at radius 3 is 2.46 bits per heavy atom. The highest BCUT2D eigenvalue weighted by Crippen LogP contribution is 2.42. The number of β-lactam (4-membered cyclic amide) rings is 1.